The van der Waals surface area contributed by atoms with Crippen LogP contribution in [-0.2, 0) is 4.79 Å². The van der Waals surface area contributed by atoms with E-state index in [0.29, 0.717) is 23.9 Å². The topological polar surface area (TPSA) is 32.3 Å². The van der Waals surface area contributed by atoms with Crippen LogP contribution in [-0.4, -0.2) is 37.0 Å². The molecular weight excluding hydrogens is 212 g/mol. The number of carbonyl (C=O) groups excluding carboxylic acids is 1. The first-order chi connectivity index (χ1) is 8.22. The molecule has 0 aromatic heterocycles. The van der Waals surface area contributed by atoms with Crippen molar-refractivity contribution in [2.45, 2.75) is 63.5 Å². The quantitative estimate of drug-likeness (QED) is 0.817. The Morgan fingerprint density at radius 1 is 1.06 bits per heavy atom. The number of rotatable bonds is 3. The minimum absolute atomic E-state index is 0.335. The second kappa shape index (κ2) is 5.85. The fourth-order valence-electron chi connectivity index (χ4n) is 3.39. The molecule has 0 unspecified atom stereocenters. The van der Waals surface area contributed by atoms with E-state index in [1.54, 1.807) is 0 Å². The lowest BCUT2D eigenvalue weighted by Crippen LogP contribution is -2.44. The predicted molar refractivity (Wildman–Crippen MR) is 69.8 cm³/mol. The van der Waals surface area contributed by atoms with Gasteiger partial charge in [0, 0.05) is 25.0 Å². The molecular formula is C14H26N2O. The van der Waals surface area contributed by atoms with E-state index in [0.717, 1.165) is 12.8 Å². The molecule has 2 rings (SSSR count). The van der Waals surface area contributed by atoms with Gasteiger partial charge in [0.05, 0.1) is 0 Å². The highest BCUT2D eigenvalue weighted by molar-refractivity contribution is 5.79. The maximum absolute atomic E-state index is 12.3. The minimum atomic E-state index is 0.335. The molecule has 1 amide bonds. The molecule has 0 saturated heterocycles. The summed E-state index contributed by atoms with van der Waals surface area (Å²) >= 11 is 0. The van der Waals surface area contributed by atoms with Gasteiger partial charge >= 0.3 is 0 Å². The van der Waals surface area contributed by atoms with Gasteiger partial charge in [-0.3, -0.25) is 4.79 Å². The third kappa shape index (κ3) is 3.01. The zero-order valence-electron chi connectivity index (χ0n) is 11.2. The molecule has 0 aromatic carbocycles. The number of hydrogen-bond acceptors (Lipinski definition) is 2. The first kappa shape index (κ1) is 12.9. The lowest BCUT2D eigenvalue weighted by atomic mass is 9.90. The van der Waals surface area contributed by atoms with Crippen LogP contribution in [0.4, 0.5) is 0 Å². The first-order valence-corrected chi connectivity index (χ1v) is 7.16. The van der Waals surface area contributed by atoms with Crippen LogP contribution in [0, 0.1) is 5.92 Å². The highest BCUT2D eigenvalue weighted by atomic mass is 16.2. The minimum Gasteiger partial charge on any atom is -0.343 e. The van der Waals surface area contributed by atoms with Crippen LogP contribution in [0.25, 0.3) is 0 Å². The summed E-state index contributed by atoms with van der Waals surface area (Å²) in [5, 5.41) is 3.34. The molecule has 2 fully saturated rings. The Kier molecular flexibility index (Phi) is 4.43. The van der Waals surface area contributed by atoms with Crippen LogP contribution in [0.15, 0.2) is 0 Å². The van der Waals surface area contributed by atoms with Crippen LogP contribution >= 0.6 is 0 Å². The van der Waals surface area contributed by atoms with E-state index in [2.05, 4.69) is 10.2 Å². The maximum atomic E-state index is 12.3. The van der Waals surface area contributed by atoms with Gasteiger partial charge in [0.15, 0.2) is 0 Å². The van der Waals surface area contributed by atoms with E-state index in [9.17, 15) is 4.79 Å². The summed E-state index contributed by atoms with van der Waals surface area (Å²) in [6, 6.07) is 1.16. The molecule has 0 radical (unpaired) electrons. The van der Waals surface area contributed by atoms with Crippen LogP contribution in [0.5, 0.6) is 0 Å². The molecule has 17 heavy (non-hydrogen) atoms. The van der Waals surface area contributed by atoms with Crippen molar-refractivity contribution in [3.63, 3.8) is 0 Å². The molecule has 1 N–H and O–H groups in total. The largest absolute Gasteiger partial charge is 0.343 e. The van der Waals surface area contributed by atoms with E-state index in [4.69, 9.17) is 0 Å². The summed E-state index contributed by atoms with van der Waals surface area (Å²) in [7, 11) is 4.06. The molecule has 0 aromatic rings. The fourth-order valence-corrected chi connectivity index (χ4v) is 3.39. The summed E-state index contributed by atoms with van der Waals surface area (Å²) in [5.41, 5.74) is 0. The van der Waals surface area contributed by atoms with E-state index in [1.807, 2.05) is 14.1 Å². The zero-order chi connectivity index (χ0) is 12.3. The molecule has 0 spiro atoms. The molecule has 3 heteroatoms. The van der Waals surface area contributed by atoms with Crippen LogP contribution in [0.3, 0.4) is 0 Å². The van der Waals surface area contributed by atoms with Crippen LogP contribution in [0.1, 0.15) is 51.4 Å². The van der Waals surface area contributed by atoms with Gasteiger partial charge in [-0.25, -0.2) is 0 Å². The second-order valence-electron chi connectivity index (χ2n) is 5.72. The van der Waals surface area contributed by atoms with Crippen LogP contribution in [0.2, 0.25) is 0 Å². The number of hydrogen-bond donors (Lipinski definition) is 1. The van der Waals surface area contributed by atoms with Gasteiger partial charge in [0.2, 0.25) is 5.91 Å². The summed E-state index contributed by atoms with van der Waals surface area (Å²) in [6.07, 6.45) is 9.49. The first-order valence-electron chi connectivity index (χ1n) is 7.16. The van der Waals surface area contributed by atoms with Gasteiger partial charge in [-0.05, 0) is 45.6 Å². The molecule has 2 aliphatic carbocycles. The number of carbonyl (C=O) groups is 1. The van der Waals surface area contributed by atoms with E-state index < -0.39 is 0 Å². The zero-order valence-corrected chi connectivity index (χ0v) is 11.2. The van der Waals surface area contributed by atoms with Crippen molar-refractivity contribution in [1.29, 1.82) is 0 Å². The normalized spacial score (nSPS) is 30.5. The number of nitrogens with one attached hydrogen (secondary N) is 1. The average Bonchev–Trinajstić information content (AvgIpc) is 2.91. The van der Waals surface area contributed by atoms with Gasteiger partial charge in [0.25, 0.3) is 0 Å². The second-order valence-corrected chi connectivity index (χ2v) is 5.72. The van der Waals surface area contributed by atoms with Gasteiger partial charge in [-0.1, -0.05) is 12.8 Å². The van der Waals surface area contributed by atoms with Gasteiger partial charge in [-0.2, -0.15) is 0 Å². The molecule has 0 heterocycles. The molecule has 0 atom stereocenters. The van der Waals surface area contributed by atoms with Gasteiger partial charge < -0.3 is 10.2 Å². The summed E-state index contributed by atoms with van der Waals surface area (Å²) in [5.74, 6) is 0.748. The maximum Gasteiger partial charge on any atom is 0.225 e. The van der Waals surface area contributed by atoms with Gasteiger partial charge in [0.1, 0.15) is 0 Å². The van der Waals surface area contributed by atoms with E-state index in [1.165, 1.54) is 38.5 Å². The molecule has 2 saturated carbocycles. The molecule has 3 nitrogen and oxygen atoms in total. The molecule has 0 aliphatic heterocycles. The Balaban J connectivity index is 1.83. The summed E-state index contributed by atoms with van der Waals surface area (Å²) in [6.45, 7) is 0. The average molecular weight is 238 g/mol. The monoisotopic (exact) mass is 238 g/mol. The smallest absolute Gasteiger partial charge is 0.225 e. The fraction of sp³-hybridized carbons (Fsp3) is 0.929. The Labute approximate surface area is 105 Å². The summed E-state index contributed by atoms with van der Waals surface area (Å²) < 4.78 is 0. The van der Waals surface area contributed by atoms with Crippen molar-refractivity contribution in [2.75, 3.05) is 14.1 Å². The standard InChI is InChI=1S/C14H26N2O/c1-15-12-7-9-13(10-8-12)16(2)14(17)11-5-3-4-6-11/h11-13,15H,3-10H2,1-2H3. The highest BCUT2D eigenvalue weighted by Crippen LogP contribution is 2.29. The van der Waals surface area contributed by atoms with Gasteiger partial charge in [-0.15, -0.1) is 0 Å². The Bertz CT molecular complexity index is 253. The van der Waals surface area contributed by atoms with Crippen molar-refractivity contribution >= 4 is 5.91 Å². The number of nitrogens with zero attached hydrogens (tertiary/aromatic N) is 1. The number of amides is 1. The lowest BCUT2D eigenvalue weighted by molar-refractivity contribution is -0.136. The van der Waals surface area contributed by atoms with E-state index >= 15 is 0 Å². The Morgan fingerprint density at radius 2 is 1.65 bits per heavy atom. The summed E-state index contributed by atoms with van der Waals surface area (Å²) in [4.78, 5) is 14.4. The lowest BCUT2D eigenvalue weighted by Gasteiger charge is -2.35. The molecule has 2 aliphatic rings. The third-order valence-electron chi connectivity index (χ3n) is 4.70. The van der Waals surface area contributed by atoms with E-state index in [-0.39, 0.29) is 0 Å². The third-order valence-corrected chi connectivity index (χ3v) is 4.70. The Morgan fingerprint density at radius 3 is 2.18 bits per heavy atom. The highest BCUT2D eigenvalue weighted by Gasteiger charge is 2.31. The van der Waals surface area contributed by atoms with Crippen molar-refractivity contribution in [2.24, 2.45) is 5.92 Å². The van der Waals surface area contributed by atoms with Crippen molar-refractivity contribution in [3.05, 3.63) is 0 Å². The molecule has 98 valence electrons. The predicted octanol–water partition coefficient (Wildman–Crippen LogP) is 2.17. The van der Waals surface area contributed by atoms with Crippen molar-refractivity contribution in [1.82, 2.24) is 10.2 Å². The Hall–Kier alpha value is -0.570. The molecule has 0 bridgehead atoms. The van der Waals surface area contributed by atoms with Crippen LogP contribution < -0.4 is 5.32 Å². The SMILES string of the molecule is CNC1CCC(N(C)C(=O)C2CCCC2)CC1. The van der Waals surface area contributed by atoms with Crippen molar-refractivity contribution < 1.29 is 4.79 Å². The van der Waals surface area contributed by atoms with Crippen molar-refractivity contribution in [3.8, 4) is 0 Å².